The van der Waals surface area contributed by atoms with E-state index in [9.17, 15) is 8.42 Å². The van der Waals surface area contributed by atoms with Crippen LogP contribution >= 0.6 is 15.9 Å². The van der Waals surface area contributed by atoms with Gasteiger partial charge < -0.3 is 5.32 Å². The van der Waals surface area contributed by atoms with Crippen LogP contribution in [0.25, 0.3) is 0 Å². The number of nitrogens with zero attached hydrogens (tertiary/aromatic N) is 1. The molecule has 0 amide bonds. The van der Waals surface area contributed by atoms with Crippen LogP contribution < -0.4 is 10.0 Å². The fourth-order valence-corrected chi connectivity index (χ4v) is 3.42. The van der Waals surface area contributed by atoms with Crippen LogP contribution in [0.4, 0.5) is 11.4 Å². The molecule has 112 valence electrons. The van der Waals surface area contributed by atoms with Crippen LogP contribution in [-0.2, 0) is 10.0 Å². The summed E-state index contributed by atoms with van der Waals surface area (Å²) in [5.41, 5.74) is 1.85. The van der Waals surface area contributed by atoms with E-state index in [4.69, 9.17) is 0 Å². The molecule has 0 saturated carbocycles. The number of aromatic nitrogens is 1. The lowest BCUT2D eigenvalue weighted by atomic mass is 10.2. The number of anilines is 2. The molecule has 0 fully saturated rings. The molecule has 0 aliphatic heterocycles. The summed E-state index contributed by atoms with van der Waals surface area (Å²) in [6.07, 6.45) is 1.46. The Bertz CT molecular complexity index is 748. The minimum atomic E-state index is -3.75. The topological polar surface area (TPSA) is 71.1 Å². The lowest BCUT2D eigenvalue weighted by molar-refractivity contribution is 0.598. The quantitative estimate of drug-likeness (QED) is 0.847. The zero-order valence-corrected chi connectivity index (χ0v) is 14.1. The molecule has 1 heterocycles. The normalized spacial score (nSPS) is 11.2. The number of benzene rings is 1. The van der Waals surface area contributed by atoms with E-state index in [2.05, 4.69) is 31.0 Å². The Kier molecular flexibility index (Phi) is 4.84. The van der Waals surface area contributed by atoms with Gasteiger partial charge in [-0.1, -0.05) is 22.0 Å². The maximum absolute atomic E-state index is 12.5. The van der Waals surface area contributed by atoms with Gasteiger partial charge in [-0.2, -0.15) is 8.42 Å². The predicted molar refractivity (Wildman–Crippen MR) is 88.1 cm³/mol. The smallest absolute Gasteiger partial charge is 0.281 e. The molecule has 0 atom stereocenters. The number of hydrogen-bond donors (Lipinski definition) is 2. The average molecular weight is 370 g/mol. The van der Waals surface area contributed by atoms with Crippen LogP contribution in [0.2, 0.25) is 0 Å². The monoisotopic (exact) mass is 369 g/mol. The summed E-state index contributed by atoms with van der Waals surface area (Å²) in [5, 5.41) is 2.99. The van der Waals surface area contributed by atoms with Crippen LogP contribution in [0.3, 0.4) is 0 Å². The molecule has 0 aliphatic rings. The lowest BCUT2D eigenvalue weighted by Gasteiger charge is -2.13. The minimum absolute atomic E-state index is 0.00812. The predicted octanol–water partition coefficient (Wildman–Crippen LogP) is 3.39. The van der Waals surface area contributed by atoms with Gasteiger partial charge in [0.25, 0.3) is 10.0 Å². The third-order valence-electron chi connectivity index (χ3n) is 2.84. The summed E-state index contributed by atoms with van der Waals surface area (Å²) in [6.45, 7) is 4.35. The van der Waals surface area contributed by atoms with Gasteiger partial charge in [-0.05, 0) is 43.7 Å². The molecule has 1 aromatic carbocycles. The fraction of sp³-hybridized carbons (Fsp3) is 0.214. The number of rotatable bonds is 5. The lowest BCUT2D eigenvalue weighted by Crippen LogP contribution is -2.17. The third-order valence-corrected chi connectivity index (χ3v) is 4.65. The number of sulfonamides is 1. The summed E-state index contributed by atoms with van der Waals surface area (Å²) in [4.78, 5) is 3.99. The largest absolute Gasteiger partial charge is 0.383 e. The van der Waals surface area contributed by atoms with Crippen molar-refractivity contribution in [3.05, 3.63) is 46.6 Å². The number of halogens is 1. The van der Waals surface area contributed by atoms with Crippen molar-refractivity contribution in [2.75, 3.05) is 16.6 Å². The van der Waals surface area contributed by atoms with Crippen molar-refractivity contribution in [3.8, 4) is 0 Å². The van der Waals surface area contributed by atoms with Gasteiger partial charge in [0.05, 0.1) is 11.4 Å². The van der Waals surface area contributed by atoms with Crippen molar-refractivity contribution in [2.45, 2.75) is 18.9 Å². The highest BCUT2D eigenvalue weighted by Gasteiger charge is 2.20. The van der Waals surface area contributed by atoms with Crippen molar-refractivity contribution >= 4 is 37.3 Å². The maximum Gasteiger partial charge on any atom is 0.281 e. The maximum atomic E-state index is 12.5. The summed E-state index contributed by atoms with van der Waals surface area (Å²) < 4.78 is 28.5. The Balaban J connectivity index is 2.41. The standard InChI is InChI=1S/C14H16BrN3O2S/c1-3-16-12-5-4-8-17-14(12)21(19,20)18-13-9-11(15)7-6-10(13)2/h4-9,16,18H,3H2,1-2H3. The highest BCUT2D eigenvalue weighted by atomic mass is 79.9. The van der Waals surface area contributed by atoms with E-state index >= 15 is 0 Å². The number of aryl methyl sites for hydroxylation is 1. The Morgan fingerprint density at radius 1 is 1.24 bits per heavy atom. The van der Waals surface area contributed by atoms with Gasteiger partial charge in [-0.15, -0.1) is 0 Å². The zero-order chi connectivity index (χ0) is 15.5. The van der Waals surface area contributed by atoms with E-state index in [0.29, 0.717) is 17.9 Å². The van der Waals surface area contributed by atoms with E-state index < -0.39 is 10.0 Å². The Morgan fingerprint density at radius 3 is 2.71 bits per heavy atom. The van der Waals surface area contributed by atoms with E-state index in [1.807, 2.05) is 26.0 Å². The van der Waals surface area contributed by atoms with E-state index in [0.717, 1.165) is 10.0 Å². The van der Waals surface area contributed by atoms with Crippen molar-refractivity contribution < 1.29 is 8.42 Å². The van der Waals surface area contributed by atoms with Crippen LogP contribution in [0.5, 0.6) is 0 Å². The molecule has 2 aromatic rings. The average Bonchev–Trinajstić information content (AvgIpc) is 2.43. The first-order valence-electron chi connectivity index (χ1n) is 6.42. The minimum Gasteiger partial charge on any atom is -0.383 e. The van der Waals surface area contributed by atoms with Crippen molar-refractivity contribution in [2.24, 2.45) is 0 Å². The summed E-state index contributed by atoms with van der Waals surface area (Å²) in [7, 11) is -3.75. The third kappa shape index (κ3) is 3.74. The molecule has 1 aromatic heterocycles. The molecule has 0 aliphatic carbocycles. The van der Waals surface area contributed by atoms with E-state index in [1.165, 1.54) is 6.20 Å². The first-order valence-corrected chi connectivity index (χ1v) is 8.69. The van der Waals surface area contributed by atoms with Crippen molar-refractivity contribution in [1.29, 1.82) is 0 Å². The Labute approximate surface area is 133 Å². The van der Waals surface area contributed by atoms with Crippen LogP contribution in [0, 0.1) is 6.92 Å². The number of pyridine rings is 1. The second kappa shape index (κ2) is 6.44. The molecule has 0 spiro atoms. The first-order chi connectivity index (χ1) is 9.94. The second-order valence-corrected chi connectivity index (χ2v) is 6.96. The molecular weight excluding hydrogens is 354 g/mol. The molecule has 0 saturated heterocycles. The molecule has 7 heteroatoms. The summed E-state index contributed by atoms with van der Waals surface area (Å²) in [5.74, 6) is 0. The zero-order valence-electron chi connectivity index (χ0n) is 11.7. The van der Waals surface area contributed by atoms with Crippen molar-refractivity contribution in [3.63, 3.8) is 0 Å². The molecule has 0 unspecified atom stereocenters. The molecular formula is C14H16BrN3O2S. The second-order valence-electron chi connectivity index (χ2n) is 4.45. The van der Waals surface area contributed by atoms with Gasteiger partial charge in [0.1, 0.15) is 0 Å². The van der Waals surface area contributed by atoms with Crippen LogP contribution in [0.15, 0.2) is 46.0 Å². The van der Waals surface area contributed by atoms with Crippen LogP contribution in [-0.4, -0.2) is 19.9 Å². The Hall–Kier alpha value is -1.60. The van der Waals surface area contributed by atoms with Gasteiger partial charge >= 0.3 is 0 Å². The molecule has 2 N–H and O–H groups in total. The van der Waals surface area contributed by atoms with Gasteiger partial charge in [0.2, 0.25) is 0 Å². The van der Waals surface area contributed by atoms with E-state index in [-0.39, 0.29) is 5.03 Å². The first kappa shape index (κ1) is 15.8. The summed E-state index contributed by atoms with van der Waals surface area (Å²) in [6, 6.07) is 8.81. The molecule has 5 nitrogen and oxygen atoms in total. The highest BCUT2D eigenvalue weighted by Crippen LogP contribution is 2.25. The molecule has 21 heavy (non-hydrogen) atoms. The highest BCUT2D eigenvalue weighted by molar-refractivity contribution is 9.10. The van der Waals surface area contributed by atoms with Gasteiger partial charge in [0, 0.05) is 17.2 Å². The van der Waals surface area contributed by atoms with Gasteiger partial charge in [-0.25, -0.2) is 4.98 Å². The van der Waals surface area contributed by atoms with Crippen LogP contribution in [0.1, 0.15) is 12.5 Å². The van der Waals surface area contributed by atoms with Crippen molar-refractivity contribution in [1.82, 2.24) is 4.98 Å². The number of nitrogens with one attached hydrogen (secondary N) is 2. The SMILES string of the molecule is CCNc1cccnc1S(=O)(=O)Nc1cc(Br)ccc1C. The molecule has 0 radical (unpaired) electrons. The molecule has 0 bridgehead atoms. The van der Waals surface area contributed by atoms with E-state index in [1.54, 1.807) is 18.2 Å². The fourth-order valence-electron chi connectivity index (χ4n) is 1.83. The number of hydrogen-bond acceptors (Lipinski definition) is 4. The van der Waals surface area contributed by atoms with Gasteiger partial charge in [0.15, 0.2) is 5.03 Å². The van der Waals surface area contributed by atoms with Gasteiger partial charge in [-0.3, -0.25) is 4.72 Å². The Morgan fingerprint density at radius 2 is 2.00 bits per heavy atom. The summed E-state index contributed by atoms with van der Waals surface area (Å²) >= 11 is 3.34. The molecule has 2 rings (SSSR count).